The number of halogens is 1. The largest absolute Gasteiger partial charge is 0.342 e. The molecule has 110 valence electrons. The quantitative estimate of drug-likeness (QED) is 0.831. The Morgan fingerprint density at radius 3 is 2.45 bits per heavy atom. The van der Waals surface area contributed by atoms with Crippen molar-refractivity contribution in [3.63, 3.8) is 0 Å². The van der Waals surface area contributed by atoms with Crippen LogP contribution >= 0.6 is 15.9 Å². The van der Waals surface area contributed by atoms with Crippen molar-refractivity contribution in [1.82, 2.24) is 14.9 Å². The maximum atomic E-state index is 12.2. The smallest absolute Gasteiger partial charge is 0.227 e. The summed E-state index contributed by atoms with van der Waals surface area (Å²) in [5.41, 5.74) is 0.762. The number of amides is 1. The average Bonchev–Trinajstić information content (AvgIpc) is 2.40. The van der Waals surface area contributed by atoms with E-state index < -0.39 is 0 Å². The molecule has 0 N–H and O–H groups in total. The first-order chi connectivity index (χ1) is 9.36. The normalized spacial score (nSPS) is 17.3. The molecule has 5 heteroatoms. The Morgan fingerprint density at radius 2 is 1.95 bits per heavy atom. The number of rotatable bonds is 2. The van der Waals surface area contributed by atoms with Crippen LogP contribution in [0.2, 0.25) is 0 Å². The summed E-state index contributed by atoms with van der Waals surface area (Å²) in [5.74, 6) is 0.869. The van der Waals surface area contributed by atoms with Crippen LogP contribution in [0.1, 0.15) is 39.3 Å². The molecule has 0 radical (unpaired) electrons. The molecule has 0 atom stereocenters. The Kier molecular flexibility index (Phi) is 4.78. The summed E-state index contributed by atoms with van der Waals surface area (Å²) in [5, 5.41) is 0. The van der Waals surface area contributed by atoms with Gasteiger partial charge in [-0.2, -0.15) is 0 Å². The standard InChI is InChI=1S/C15H22BrN3O/c1-15(2,3)14(20)19-6-4-11(5-7-19)8-12-9-18-13(16)10-17-12/h9-11H,4-8H2,1-3H3. The van der Waals surface area contributed by atoms with Crippen molar-refractivity contribution in [2.24, 2.45) is 11.3 Å². The molecule has 0 aromatic carbocycles. The lowest BCUT2D eigenvalue weighted by Crippen LogP contribution is -2.44. The lowest BCUT2D eigenvalue weighted by molar-refractivity contribution is -0.140. The molecule has 0 aliphatic carbocycles. The van der Waals surface area contributed by atoms with Crippen molar-refractivity contribution >= 4 is 21.8 Å². The molecular weight excluding hydrogens is 318 g/mol. The van der Waals surface area contributed by atoms with E-state index in [0.717, 1.165) is 42.6 Å². The van der Waals surface area contributed by atoms with Crippen LogP contribution in [0.4, 0.5) is 0 Å². The Bertz CT molecular complexity index is 459. The van der Waals surface area contributed by atoms with Gasteiger partial charge in [0.15, 0.2) is 0 Å². The molecule has 2 rings (SSSR count). The van der Waals surface area contributed by atoms with Crippen LogP contribution in [-0.4, -0.2) is 33.9 Å². The van der Waals surface area contributed by atoms with Crippen LogP contribution in [0.15, 0.2) is 17.0 Å². The van der Waals surface area contributed by atoms with E-state index in [-0.39, 0.29) is 11.3 Å². The van der Waals surface area contributed by atoms with Crippen LogP contribution in [-0.2, 0) is 11.2 Å². The number of likely N-dealkylation sites (tertiary alicyclic amines) is 1. The van der Waals surface area contributed by atoms with Crippen molar-refractivity contribution in [1.29, 1.82) is 0 Å². The third-order valence-corrected chi connectivity index (χ3v) is 4.12. The molecule has 0 saturated carbocycles. The van der Waals surface area contributed by atoms with Gasteiger partial charge >= 0.3 is 0 Å². The van der Waals surface area contributed by atoms with E-state index in [1.165, 1.54) is 0 Å². The Hall–Kier alpha value is -0.970. The number of hydrogen-bond donors (Lipinski definition) is 0. The second kappa shape index (κ2) is 6.20. The van der Waals surface area contributed by atoms with Crippen LogP contribution in [0.3, 0.4) is 0 Å². The molecule has 1 aliphatic rings. The number of nitrogens with zero attached hydrogens (tertiary/aromatic N) is 3. The molecular formula is C15H22BrN3O. The second-order valence-electron chi connectivity index (χ2n) is 6.52. The molecule has 0 unspecified atom stereocenters. The zero-order chi connectivity index (χ0) is 14.8. The first-order valence-electron chi connectivity index (χ1n) is 7.12. The zero-order valence-electron chi connectivity index (χ0n) is 12.4. The summed E-state index contributed by atoms with van der Waals surface area (Å²) in [7, 11) is 0. The molecule has 20 heavy (non-hydrogen) atoms. The topological polar surface area (TPSA) is 46.1 Å². The molecule has 1 aromatic rings. The first-order valence-corrected chi connectivity index (χ1v) is 7.91. The van der Waals surface area contributed by atoms with Crippen molar-refractivity contribution < 1.29 is 4.79 Å². The van der Waals surface area contributed by atoms with Crippen molar-refractivity contribution in [2.75, 3.05) is 13.1 Å². The summed E-state index contributed by atoms with van der Waals surface area (Å²) in [6.07, 6.45) is 6.64. The molecule has 1 aromatic heterocycles. The average molecular weight is 340 g/mol. The number of aromatic nitrogens is 2. The van der Waals surface area contributed by atoms with Gasteiger partial charge in [0.1, 0.15) is 4.60 Å². The summed E-state index contributed by atoms with van der Waals surface area (Å²) in [6, 6.07) is 0. The molecule has 0 spiro atoms. The highest BCUT2D eigenvalue weighted by molar-refractivity contribution is 9.10. The summed E-state index contributed by atoms with van der Waals surface area (Å²) in [4.78, 5) is 22.8. The van der Waals surface area contributed by atoms with Gasteiger partial charge in [0.25, 0.3) is 0 Å². The second-order valence-corrected chi connectivity index (χ2v) is 7.33. The van der Waals surface area contributed by atoms with E-state index >= 15 is 0 Å². The van der Waals surface area contributed by atoms with E-state index in [9.17, 15) is 4.79 Å². The third-order valence-electron chi connectivity index (χ3n) is 3.71. The lowest BCUT2D eigenvalue weighted by atomic mass is 9.89. The highest BCUT2D eigenvalue weighted by Gasteiger charge is 2.30. The fourth-order valence-corrected chi connectivity index (χ4v) is 2.76. The van der Waals surface area contributed by atoms with Crippen LogP contribution in [0, 0.1) is 11.3 Å². The van der Waals surface area contributed by atoms with Gasteiger partial charge in [0.2, 0.25) is 5.91 Å². The minimum absolute atomic E-state index is 0.263. The van der Waals surface area contributed by atoms with Gasteiger partial charge in [0, 0.05) is 24.7 Å². The molecule has 1 aliphatic heterocycles. The molecule has 1 amide bonds. The fourth-order valence-electron chi connectivity index (χ4n) is 2.55. The van der Waals surface area contributed by atoms with E-state index in [4.69, 9.17) is 0 Å². The number of piperidine rings is 1. The monoisotopic (exact) mass is 339 g/mol. The van der Waals surface area contributed by atoms with Crippen LogP contribution < -0.4 is 0 Å². The lowest BCUT2D eigenvalue weighted by Gasteiger charge is -2.35. The van der Waals surface area contributed by atoms with Gasteiger partial charge in [-0.1, -0.05) is 20.8 Å². The number of carbonyl (C=O) groups is 1. The molecule has 2 heterocycles. The van der Waals surface area contributed by atoms with Gasteiger partial charge in [-0.05, 0) is 41.1 Å². The minimum atomic E-state index is -0.274. The number of hydrogen-bond acceptors (Lipinski definition) is 3. The fraction of sp³-hybridized carbons (Fsp3) is 0.667. The molecule has 0 bridgehead atoms. The van der Waals surface area contributed by atoms with Gasteiger partial charge in [0.05, 0.1) is 11.9 Å². The highest BCUT2D eigenvalue weighted by atomic mass is 79.9. The van der Waals surface area contributed by atoms with Gasteiger partial charge < -0.3 is 4.90 Å². The van der Waals surface area contributed by atoms with Crippen LogP contribution in [0.25, 0.3) is 0 Å². The van der Waals surface area contributed by atoms with Crippen molar-refractivity contribution in [3.8, 4) is 0 Å². The van der Waals surface area contributed by atoms with E-state index in [0.29, 0.717) is 5.92 Å². The first kappa shape index (κ1) is 15.4. The SMILES string of the molecule is CC(C)(C)C(=O)N1CCC(Cc2cnc(Br)cn2)CC1. The van der Waals surface area contributed by atoms with Gasteiger partial charge in [-0.15, -0.1) is 0 Å². The van der Waals surface area contributed by atoms with Gasteiger partial charge in [-0.25, -0.2) is 4.98 Å². The Balaban J connectivity index is 1.85. The minimum Gasteiger partial charge on any atom is -0.342 e. The highest BCUT2D eigenvalue weighted by Crippen LogP contribution is 2.25. The van der Waals surface area contributed by atoms with E-state index in [1.54, 1.807) is 6.20 Å². The van der Waals surface area contributed by atoms with Crippen molar-refractivity contribution in [2.45, 2.75) is 40.0 Å². The van der Waals surface area contributed by atoms with Crippen LogP contribution in [0.5, 0.6) is 0 Å². The Morgan fingerprint density at radius 1 is 1.30 bits per heavy atom. The summed E-state index contributed by atoms with van der Waals surface area (Å²) in [6.45, 7) is 7.69. The summed E-state index contributed by atoms with van der Waals surface area (Å²) < 4.78 is 0.770. The van der Waals surface area contributed by atoms with Crippen molar-refractivity contribution in [3.05, 3.63) is 22.7 Å². The third kappa shape index (κ3) is 4.01. The number of carbonyl (C=O) groups excluding carboxylic acids is 1. The maximum absolute atomic E-state index is 12.2. The molecule has 4 nitrogen and oxygen atoms in total. The predicted octanol–water partition coefficient (Wildman–Crippen LogP) is 3.07. The predicted molar refractivity (Wildman–Crippen MR) is 82.2 cm³/mol. The Labute approximate surface area is 129 Å². The molecule has 1 saturated heterocycles. The van der Waals surface area contributed by atoms with E-state index in [1.807, 2.05) is 31.9 Å². The maximum Gasteiger partial charge on any atom is 0.227 e. The molecule has 1 fully saturated rings. The zero-order valence-corrected chi connectivity index (χ0v) is 14.0. The van der Waals surface area contributed by atoms with E-state index in [2.05, 4.69) is 25.9 Å². The summed E-state index contributed by atoms with van der Waals surface area (Å²) >= 11 is 3.30. The van der Waals surface area contributed by atoms with Gasteiger partial charge in [-0.3, -0.25) is 9.78 Å².